The van der Waals surface area contributed by atoms with Crippen molar-refractivity contribution in [2.24, 2.45) is 0 Å². The van der Waals surface area contributed by atoms with Crippen LogP contribution in [0.4, 0.5) is 4.39 Å². The SMILES string of the molecule is [2H]c1c([2H])c(B(O)O)c([2H])c(Cl)c1F. The fourth-order valence-corrected chi connectivity index (χ4v) is 0.660. The van der Waals surface area contributed by atoms with Crippen LogP contribution in [0.5, 0.6) is 0 Å². The Labute approximate surface area is 72.6 Å². The maximum atomic E-state index is 13.0. The van der Waals surface area contributed by atoms with Crippen molar-refractivity contribution < 1.29 is 18.6 Å². The van der Waals surface area contributed by atoms with Crippen molar-refractivity contribution in [1.82, 2.24) is 0 Å². The van der Waals surface area contributed by atoms with Gasteiger partial charge in [0, 0.05) is 0 Å². The molecule has 0 aromatic heterocycles. The van der Waals surface area contributed by atoms with Crippen molar-refractivity contribution in [3.05, 3.63) is 29.0 Å². The molecule has 1 aromatic carbocycles. The van der Waals surface area contributed by atoms with Crippen LogP contribution >= 0.6 is 11.6 Å². The van der Waals surface area contributed by atoms with E-state index >= 15 is 0 Å². The highest BCUT2D eigenvalue weighted by atomic mass is 35.5. The van der Waals surface area contributed by atoms with Crippen LogP contribution in [-0.4, -0.2) is 17.2 Å². The standard InChI is InChI=1S/C6H5BClFO2/c8-5-3-4(7(10)11)1-2-6(5)9/h1-3,10-11H/i1D,2D,3D. The van der Waals surface area contributed by atoms with Gasteiger partial charge in [0.05, 0.1) is 9.13 Å². The van der Waals surface area contributed by atoms with Crippen LogP contribution in [0.3, 0.4) is 0 Å². The molecule has 0 radical (unpaired) electrons. The fourth-order valence-electron chi connectivity index (χ4n) is 0.511. The lowest BCUT2D eigenvalue weighted by Crippen LogP contribution is -2.29. The van der Waals surface area contributed by atoms with Crippen molar-refractivity contribution in [3.63, 3.8) is 0 Å². The lowest BCUT2D eigenvalue weighted by Gasteiger charge is -1.99. The van der Waals surface area contributed by atoms with Crippen LogP contribution in [0.25, 0.3) is 0 Å². The Bertz CT molecular complexity index is 359. The number of benzene rings is 1. The second-order valence-corrected chi connectivity index (χ2v) is 2.17. The third-order valence-corrected chi connectivity index (χ3v) is 1.26. The summed E-state index contributed by atoms with van der Waals surface area (Å²) in [6.07, 6.45) is 0. The molecule has 0 amide bonds. The molecule has 2 N–H and O–H groups in total. The molecule has 0 saturated heterocycles. The van der Waals surface area contributed by atoms with Gasteiger partial charge < -0.3 is 10.0 Å². The van der Waals surface area contributed by atoms with Crippen molar-refractivity contribution in [3.8, 4) is 0 Å². The minimum Gasteiger partial charge on any atom is -0.423 e. The molecule has 0 saturated carbocycles. The maximum absolute atomic E-state index is 13.0. The summed E-state index contributed by atoms with van der Waals surface area (Å²) < 4.78 is 34.4. The van der Waals surface area contributed by atoms with Gasteiger partial charge in [-0.25, -0.2) is 4.39 Å². The highest BCUT2D eigenvalue weighted by molar-refractivity contribution is 6.59. The summed E-state index contributed by atoms with van der Waals surface area (Å²) in [5.41, 5.74) is -0.568. The monoisotopic (exact) mass is 177 g/mol. The summed E-state index contributed by atoms with van der Waals surface area (Å²) in [5.74, 6) is -1.20. The Balaban J connectivity index is 3.60. The Morgan fingerprint density at radius 1 is 1.55 bits per heavy atom. The van der Waals surface area contributed by atoms with E-state index in [0.717, 1.165) is 0 Å². The quantitative estimate of drug-likeness (QED) is 0.600. The highest BCUT2D eigenvalue weighted by Gasteiger charge is 2.11. The predicted octanol–water partition coefficient (Wildman–Crippen LogP) is 0.159. The molecule has 0 aliphatic rings. The van der Waals surface area contributed by atoms with Crippen molar-refractivity contribution in [1.29, 1.82) is 0 Å². The third-order valence-electron chi connectivity index (χ3n) is 1.00. The molecule has 0 aliphatic carbocycles. The molecule has 2 nitrogen and oxygen atoms in total. The first-order valence-corrected chi connectivity index (χ1v) is 3.06. The average Bonchev–Trinajstić information content (AvgIpc) is 2.11. The van der Waals surface area contributed by atoms with Crippen LogP contribution in [0, 0.1) is 5.82 Å². The van der Waals surface area contributed by atoms with Gasteiger partial charge in [0.15, 0.2) is 0 Å². The summed E-state index contributed by atoms with van der Waals surface area (Å²) in [6.45, 7) is 0. The number of hydrogen-bond acceptors (Lipinski definition) is 2. The van der Waals surface area contributed by atoms with Gasteiger partial charge in [0.25, 0.3) is 0 Å². The fraction of sp³-hybridized carbons (Fsp3) is 0. The van der Waals surface area contributed by atoms with Crippen LogP contribution in [-0.2, 0) is 0 Å². The van der Waals surface area contributed by atoms with Gasteiger partial charge in [-0.05, 0) is 17.5 Å². The molecule has 1 rings (SSSR count). The number of hydrogen-bond donors (Lipinski definition) is 2. The molecule has 0 spiro atoms. The second kappa shape index (κ2) is 3.22. The van der Waals surface area contributed by atoms with Crippen LogP contribution in [0.2, 0.25) is 5.02 Å². The molecule has 11 heavy (non-hydrogen) atoms. The number of rotatable bonds is 1. The Hall–Kier alpha value is -0.575. The zero-order chi connectivity index (χ0) is 11.0. The minimum absolute atomic E-state index is 0.568. The molecule has 5 heteroatoms. The Morgan fingerprint density at radius 3 is 2.73 bits per heavy atom. The lowest BCUT2D eigenvalue weighted by atomic mass is 9.80. The highest BCUT2D eigenvalue weighted by Crippen LogP contribution is 2.10. The lowest BCUT2D eigenvalue weighted by molar-refractivity contribution is 0.425. The van der Waals surface area contributed by atoms with E-state index in [4.69, 9.17) is 25.8 Å². The molecular formula is C6H5BClFO2. The van der Waals surface area contributed by atoms with E-state index in [1.54, 1.807) is 0 Å². The molecule has 0 fully saturated rings. The summed E-state index contributed by atoms with van der Waals surface area (Å²) in [4.78, 5) is 0. The van der Waals surface area contributed by atoms with E-state index in [-0.39, 0.29) is 0 Å². The predicted molar refractivity (Wildman–Crippen MR) is 41.2 cm³/mol. The van der Waals surface area contributed by atoms with Crippen molar-refractivity contribution >= 4 is 24.2 Å². The first-order valence-electron chi connectivity index (χ1n) is 4.18. The smallest absolute Gasteiger partial charge is 0.423 e. The summed E-state index contributed by atoms with van der Waals surface area (Å²) in [7, 11) is -2.11. The molecule has 0 aliphatic heterocycles. The van der Waals surface area contributed by atoms with Crippen LogP contribution in [0.15, 0.2) is 18.1 Å². The van der Waals surface area contributed by atoms with Gasteiger partial charge >= 0.3 is 7.12 Å². The topological polar surface area (TPSA) is 40.5 Å². The molecule has 58 valence electrons. The zero-order valence-electron chi connectivity index (χ0n) is 8.23. The second-order valence-electron chi connectivity index (χ2n) is 1.79. The van der Waals surface area contributed by atoms with E-state index < -0.39 is 41.5 Å². The van der Waals surface area contributed by atoms with Crippen molar-refractivity contribution in [2.45, 2.75) is 0 Å². The molecular weight excluding hydrogens is 169 g/mol. The first kappa shape index (κ1) is 5.14. The van der Waals surface area contributed by atoms with E-state index in [1.165, 1.54) is 0 Å². The van der Waals surface area contributed by atoms with Gasteiger partial charge in [0.2, 0.25) is 0 Å². The van der Waals surface area contributed by atoms with E-state index in [9.17, 15) is 4.39 Å². The van der Waals surface area contributed by atoms with E-state index in [1.807, 2.05) is 0 Å². The van der Waals surface area contributed by atoms with Crippen molar-refractivity contribution in [2.75, 3.05) is 0 Å². The van der Waals surface area contributed by atoms with Gasteiger partial charge in [-0.15, -0.1) is 0 Å². The minimum atomic E-state index is -2.11. The molecule has 0 bridgehead atoms. The van der Waals surface area contributed by atoms with Gasteiger partial charge in [-0.2, -0.15) is 0 Å². The third kappa shape index (κ3) is 1.93. The zero-order valence-corrected chi connectivity index (χ0v) is 5.98. The number of halogens is 2. The van der Waals surface area contributed by atoms with E-state index in [0.29, 0.717) is 0 Å². The average molecular weight is 177 g/mol. The first-order chi connectivity index (χ1) is 6.37. The largest absolute Gasteiger partial charge is 0.488 e. The summed E-state index contributed by atoms with van der Waals surface area (Å²) >= 11 is 5.32. The van der Waals surface area contributed by atoms with Gasteiger partial charge in [-0.1, -0.05) is 17.6 Å². The molecule has 0 atom stereocenters. The normalized spacial score (nSPS) is 13.6. The molecule has 0 unspecified atom stereocenters. The maximum Gasteiger partial charge on any atom is 0.488 e. The van der Waals surface area contributed by atoms with E-state index in [2.05, 4.69) is 0 Å². The van der Waals surface area contributed by atoms with Crippen LogP contribution < -0.4 is 5.46 Å². The Kier molecular flexibility index (Phi) is 1.50. The molecule has 1 aromatic rings. The molecule has 0 heterocycles. The summed E-state index contributed by atoms with van der Waals surface area (Å²) in [6, 6.07) is -2.28. The van der Waals surface area contributed by atoms with Gasteiger partial charge in [-0.3, -0.25) is 0 Å². The Morgan fingerprint density at radius 2 is 2.18 bits per heavy atom. The van der Waals surface area contributed by atoms with Crippen LogP contribution in [0.1, 0.15) is 4.11 Å². The van der Waals surface area contributed by atoms with Gasteiger partial charge in [0.1, 0.15) is 5.82 Å². The summed E-state index contributed by atoms with van der Waals surface area (Å²) in [5, 5.41) is 16.9.